The molecule has 1 saturated heterocycles. The molecule has 1 aromatic rings. The summed E-state index contributed by atoms with van der Waals surface area (Å²) in [6.07, 6.45) is 3.60. The third-order valence-corrected chi connectivity index (χ3v) is 11.4. The third kappa shape index (κ3) is 4.99. The van der Waals surface area contributed by atoms with E-state index < -0.39 is 7.14 Å². The monoisotopic (exact) mass is 435 g/mol. The largest absolute Gasteiger partial charge is 0.507 e. The molecular weight excluding hydrogens is 389 g/mol. The predicted octanol–water partition coefficient (Wildman–Crippen LogP) is 7.65. The highest BCUT2D eigenvalue weighted by Crippen LogP contribution is 2.67. The summed E-state index contributed by atoms with van der Waals surface area (Å²) < 4.78 is 14.7. The van der Waals surface area contributed by atoms with Crippen LogP contribution in [0.5, 0.6) is 5.75 Å². The zero-order valence-electron chi connectivity index (χ0n) is 21.2. The van der Waals surface area contributed by atoms with Gasteiger partial charge in [-0.05, 0) is 65.6 Å². The molecule has 30 heavy (non-hydrogen) atoms. The molecule has 0 spiro atoms. The van der Waals surface area contributed by atoms with Crippen molar-refractivity contribution < 1.29 is 9.67 Å². The fourth-order valence-corrected chi connectivity index (χ4v) is 8.65. The minimum absolute atomic E-state index is 0.0828. The van der Waals surface area contributed by atoms with Crippen LogP contribution in [-0.4, -0.2) is 34.4 Å². The number of benzene rings is 1. The van der Waals surface area contributed by atoms with Gasteiger partial charge in [0, 0.05) is 11.3 Å². The first-order valence-corrected chi connectivity index (χ1v) is 13.7. The molecular formula is C26H46NO2P. The highest BCUT2D eigenvalue weighted by molar-refractivity contribution is 7.65. The second-order valence-corrected chi connectivity index (χ2v) is 16.0. The molecule has 0 unspecified atom stereocenters. The minimum atomic E-state index is -2.58. The number of nitrogens with zero attached hydrogens (tertiary/aromatic N) is 1. The summed E-state index contributed by atoms with van der Waals surface area (Å²) in [4.78, 5) is 2.50. The average Bonchev–Trinajstić information content (AvgIpc) is 2.61. The zero-order valence-corrected chi connectivity index (χ0v) is 22.1. The molecule has 0 aromatic heterocycles. The molecule has 0 radical (unpaired) electrons. The number of phenols is 1. The zero-order chi connectivity index (χ0) is 23.1. The van der Waals surface area contributed by atoms with Gasteiger partial charge in [-0.3, -0.25) is 4.90 Å². The Labute approximate surface area is 186 Å². The summed E-state index contributed by atoms with van der Waals surface area (Å²) in [6.45, 7) is 23.4. The van der Waals surface area contributed by atoms with Crippen molar-refractivity contribution in [2.75, 3.05) is 13.1 Å². The molecule has 1 N–H and O–H groups in total. The fourth-order valence-electron chi connectivity index (χ4n) is 4.97. The van der Waals surface area contributed by atoms with E-state index in [1.807, 2.05) is 0 Å². The lowest BCUT2D eigenvalue weighted by Crippen LogP contribution is -2.37. The molecule has 0 aliphatic carbocycles. The van der Waals surface area contributed by atoms with Gasteiger partial charge in [0.15, 0.2) is 0 Å². The number of rotatable bonds is 5. The van der Waals surface area contributed by atoms with Gasteiger partial charge in [0.25, 0.3) is 0 Å². The summed E-state index contributed by atoms with van der Waals surface area (Å²) in [7, 11) is -2.58. The van der Waals surface area contributed by atoms with Crippen LogP contribution in [0.2, 0.25) is 0 Å². The Kier molecular flexibility index (Phi) is 7.63. The number of hydrogen-bond acceptors (Lipinski definition) is 3. The lowest BCUT2D eigenvalue weighted by molar-refractivity contribution is 0.204. The van der Waals surface area contributed by atoms with Crippen molar-refractivity contribution in [2.45, 2.75) is 116 Å². The Bertz CT molecular complexity index is 730. The molecule has 2 rings (SSSR count). The van der Waals surface area contributed by atoms with E-state index in [2.05, 4.69) is 86.3 Å². The van der Waals surface area contributed by atoms with Crippen LogP contribution in [0.25, 0.3) is 0 Å². The average molecular weight is 436 g/mol. The molecule has 1 heterocycles. The standard InChI is InChI=1S/C26H46NO2P/c1-18(2)30(29,19(3)4)24(27-14-12-11-13-15-27)20-16-21(25(5,6)7)23(28)22(17-20)26(8,9)10/h16-19,24,28H,11-15H2,1-10H3/t24-/m1/s1. The van der Waals surface area contributed by atoms with E-state index in [-0.39, 0.29) is 27.9 Å². The van der Waals surface area contributed by atoms with Crippen LogP contribution in [0.3, 0.4) is 0 Å². The molecule has 1 aromatic carbocycles. The summed E-state index contributed by atoms with van der Waals surface area (Å²) in [5.74, 6) is 0.320. The summed E-state index contributed by atoms with van der Waals surface area (Å²) in [5.41, 5.74) is 2.93. The van der Waals surface area contributed by atoms with Gasteiger partial charge in [-0.15, -0.1) is 0 Å². The molecule has 1 fully saturated rings. The highest BCUT2D eigenvalue weighted by Gasteiger charge is 2.44. The van der Waals surface area contributed by atoms with Gasteiger partial charge in [-0.1, -0.05) is 75.7 Å². The number of hydrogen-bond donors (Lipinski definition) is 1. The fraction of sp³-hybridized carbons (Fsp3) is 0.769. The van der Waals surface area contributed by atoms with Gasteiger partial charge in [-0.2, -0.15) is 0 Å². The summed E-state index contributed by atoms with van der Waals surface area (Å²) in [6, 6.07) is 4.34. The number of likely N-dealkylation sites (tertiary alicyclic amines) is 1. The van der Waals surface area contributed by atoms with Crippen molar-refractivity contribution in [2.24, 2.45) is 0 Å². The Morgan fingerprint density at radius 3 is 1.57 bits per heavy atom. The molecule has 0 amide bonds. The van der Waals surface area contributed by atoms with E-state index in [9.17, 15) is 9.67 Å². The van der Waals surface area contributed by atoms with Crippen molar-refractivity contribution in [1.82, 2.24) is 4.90 Å². The molecule has 0 saturated carbocycles. The lowest BCUT2D eigenvalue weighted by Gasteiger charge is -2.44. The Morgan fingerprint density at radius 1 is 0.833 bits per heavy atom. The van der Waals surface area contributed by atoms with Crippen molar-refractivity contribution in [3.05, 3.63) is 28.8 Å². The van der Waals surface area contributed by atoms with Crippen molar-refractivity contribution in [3.8, 4) is 5.75 Å². The Balaban J connectivity index is 2.85. The van der Waals surface area contributed by atoms with Gasteiger partial charge in [0.05, 0.1) is 5.78 Å². The summed E-state index contributed by atoms with van der Waals surface area (Å²) in [5, 5.41) is 11.2. The number of piperidine rings is 1. The smallest absolute Gasteiger partial charge is 0.123 e. The second kappa shape index (κ2) is 8.99. The first-order chi connectivity index (χ1) is 13.6. The summed E-state index contributed by atoms with van der Waals surface area (Å²) >= 11 is 0. The molecule has 3 nitrogen and oxygen atoms in total. The van der Waals surface area contributed by atoms with Crippen molar-refractivity contribution in [3.63, 3.8) is 0 Å². The molecule has 172 valence electrons. The van der Waals surface area contributed by atoms with Crippen LogP contribution in [0, 0.1) is 0 Å². The topological polar surface area (TPSA) is 40.5 Å². The van der Waals surface area contributed by atoms with Crippen LogP contribution >= 0.6 is 7.14 Å². The van der Waals surface area contributed by atoms with Crippen LogP contribution < -0.4 is 0 Å². The van der Waals surface area contributed by atoms with Gasteiger partial charge >= 0.3 is 0 Å². The predicted molar refractivity (Wildman–Crippen MR) is 132 cm³/mol. The van der Waals surface area contributed by atoms with Crippen LogP contribution in [-0.2, 0) is 15.4 Å². The van der Waals surface area contributed by atoms with Crippen LogP contribution in [0.1, 0.15) is 111 Å². The van der Waals surface area contributed by atoms with E-state index >= 15 is 0 Å². The van der Waals surface area contributed by atoms with E-state index in [1.165, 1.54) is 19.3 Å². The lowest BCUT2D eigenvalue weighted by atomic mass is 9.78. The third-order valence-electron chi connectivity index (χ3n) is 6.78. The molecule has 0 bridgehead atoms. The molecule has 1 aliphatic rings. The number of aromatic hydroxyl groups is 1. The quantitative estimate of drug-likeness (QED) is 0.483. The minimum Gasteiger partial charge on any atom is -0.507 e. The van der Waals surface area contributed by atoms with Gasteiger partial charge in [0.2, 0.25) is 0 Å². The maximum atomic E-state index is 14.7. The van der Waals surface area contributed by atoms with Crippen LogP contribution in [0.4, 0.5) is 0 Å². The SMILES string of the molecule is CC(C)P(=O)(C(C)C)[C@H](c1cc(C(C)(C)C)c(O)c(C(C)(C)C)c1)N1CCCCC1. The van der Waals surface area contributed by atoms with Crippen LogP contribution in [0.15, 0.2) is 12.1 Å². The molecule has 4 heteroatoms. The van der Waals surface area contributed by atoms with E-state index in [0.717, 1.165) is 29.8 Å². The van der Waals surface area contributed by atoms with E-state index in [0.29, 0.717) is 5.75 Å². The highest BCUT2D eigenvalue weighted by atomic mass is 31.2. The molecule has 1 atom stereocenters. The first kappa shape index (κ1) is 25.5. The normalized spacial score (nSPS) is 18.3. The van der Waals surface area contributed by atoms with E-state index in [4.69, 9.17) is 0 Å². The Hall–Kier alpha value is -0.790. The van der Waals surface area contributed by atoms with Crippen molar-refractivity contribution >= 4 is 7.14 Å². The Morgan fingerprint density at radius 2 is 1.23 bits per heavy atom. The van der Waals surface area contributed by atoms with Gasteiger partial charge in [0.1, 0.15) is 12.9 Å². The maximum Gasteiger partial charge on any atom is 0.123 e. The number of phenolic OH excluding ortho intramolecular Hbond substituents is 1. The first-order valence-electron chi connectivity index (χ1n) is 11.8. The van der Waals surface area contributed by atoms with Crippen molar-refractivity contribution in [1.29, 1.82) is 0 Å². The van der Waals surface area contributed by atoms with Gasteiger partial charge < -0.3 is 9.67 Å². The van der Waals surface area contributed by atoms with Gasteiger partial charge in [-0.25, -0.2) is 0 Å². The second-order valence-electron chi connectivity index (χ2n) is 11.9. The molecule has 1 aliphatic heterocycles. The van der Waals surface area contributed by atoms with E-state index in [1.54, 1.807) is 0 Å². The maximum absolute atomic E-state index is 14.7.